The van der Waals surface area contributed by atoms with Crippen molar-refractivity contribution < 1.29 is 18.8 Å². The van der Waals surface area contributed by atoms with Gasteiger partial charge >= 0.3 is 0 Å². The minimum absolute atomic E-state index is 0.0179. The quantitative estimate of drug-likeness (QED) is 0.312. The van der Waals surface area contributed by atoms with Crippen molar-refractivity contribution in [1.82, 2.24) is 19.6 Å². The summed E-state index contributed by atoms with van der Waals surface area (Å²) in [6.45, 7) is 7.11. The Morgan fingerprint density at radius 3 is 2.34 bits per heavy atom. The predicted molar refractivity (Wildman–Crippen MR) is 170 cm³/mol. The number of hydrogen-bond donors (Lipinski definition) is 0. The number of carbonyl (C=O) groups is 3. The van der Waals surface area contributed by atoms with Gasteiger partial charge in [-0.25, -0.2) is 9.07 Å². The van der Waals surface area contributed by atoms with Crippen molar-refractivity contribution >= 4 is 35.3 Å². The van der Waals surface area contributed by atoms with E-state index in [4.69, 9.17) is 5.10 Å². The fraction of sp³-hybridized carbons (Fsp3) is 0.294. The second-order valence-electron chi connectivity index (χ2n) is 11.2. The summed E-state index contributed by atoms with van der Waals surface area (Å²) < 4.78 is 16.4. The molecule has 0 aliphatic carbocycles. The van der Waals surface area contributed by atoms with Crippen LogP contribution in [0.15, 0.2) is 72.8 Å². The van der Waals surface area contributed by atoms with Crippen LogP contribution >= 0.6 is 11.8 Å². The molecule has 4 aromatic rings. The summed E-state index contributed by atoms with van der Waals surface area (Å²) >= 11 is 1.41. The highest BCUT2D eigenvalue weighted by Crippen LogP contribution is 2.48. The molecule has 0 unspecified atom stereocenters. The topological polar surface area (TPSA) is 78.8 Å². The number of amides is 3. The molecule has 8 nitrogen and oxygen atoms in total. The summed E-state index contributed by atoms with van der Waals surface area (Å²) in [5.74, 6) is -0.190. The van der Waals surface area contributed by atoms with Gasteiger partial charge in [0.1, 0.15) is 18.2 Å². The molecule has 2 aliphatic rings. The van der Waals surface area contributed by atoms with Crippen LogP contribution in [0.5, 0.6) is 0 Å². The van der Waals surface area contributed by atoms with Crippen LogP contribution in [0.4, 0.5) is 10.2 Å². The minimum atomic E-state index is -0.419. The van der Waals surface area contributed by atoms with E-state index in [1.807, 2.05) is 68.4 Å². The zero-order chi connectivity index (χ0) is 31.0. The van der Waals surface area contributed by atoms with Gasteiger partial charge in [-0.1, -0.05) is 54.6 Å². The average Bonchev–Trinajstić information content (AvgIpc) is 3.34. The molecule has 3 aromatic carbocycles. The van der Waals surface area contributed by atoms with Gasteiger partial charge in [0.05, 0.1) is 22.4 Å². The fourth-order valence-electron chi connectivity index (χ4n) is 5.90. The number of hydrogen-bond acceptors (Lipinski definition) is 5. The maximum Gasteiger partial charge on any atom is 0.242 e. The minimum Gasteiger partial charge on any atom is -0.339 e. The van der Waals surface area contributed by atoms with Crippen LogP contribution in [0.25, 0.3) is 16.9 Å². The maximum absolute atomic E-state index is 14.6. The molecule has 6 rings (SSSR count). The molecule has 226 valence electrons. The van der Waals surface area contributed by atoms with Crippen LogP contribution in [0.1, 0.15) is 34.4 Å². The molecule has 1 atom stereocenters. The van der Waals surface area contributed by atoms with Gasteiger partial charge in [-0.05, 0) is 48.7 Å². The van der Waals surface area contributed by atoms with E-state index in [9.17, 15) is 18.8 Å². The Labute approximate surface area is 260 Å². The van der Waals surface area contributed by atoms with Gasteiger partial charge in [0, 0.05) is 44.2 Å². The summed E-state index contributed by atoms with van der Waals surface area (Å²) in [4.78, 5) is 44.7. The molecule has 2 aliphatic heterocycles. The summed E-state index contributed by atoms with van der Waals surface area (Å²) in [5, 5.41) is 4.74. The Morgan fingerprint density at radius 2 is 1.64 bits per heavy atom. The van der Waals surface area contributed by atoms with Gasteiger partial charge in [0.2, 0.25) is 17.7 Å². The summed E-state index contributed by atoms with van der Waals surface area (Å²) in [5.41, 5.74) is 5.86. The molecule has 1 saturated heterocycles. The largest absolute Gasteiger partial charge is 0.339 e. The first-order valence-corrected chi connectivity index (χ1v) is 15.7. The standard InChI is InChI=1S/C34H34FN5O3S/c1-22-9-7-14-28(23(22)2)40-34-31(32(36-40)25-10-5-4-6-11-25)33(26-12-8-13-27(35)19-26)44-21-30(43)39(34)20-29(42)38-17-15-37(16-18-38)24(3)41/h4-14,19,33H,15-18,20-21H2,1-3H3/t33-/m0/s1. The van der Waals surface area contributed by atoms with E-state index in [1.54, 1.807) is 25.4 Å². The zero-order valence-corrected chi connectivity index (χ0v) is 25.8. The lowest BCUT2D eigenvalue weighted by atomic mass is 9.99. The Kier molecular flexibility index (Phi) is 8.27. The third-order valence-electron chi connectivity index (χ3n) is 8.46. The number of aryl methyl sites for hydroxylation is 1. The normalized spacial score (nSPS) is 17.0. The first-order valence-electron chi connectivity index (χ1n) is 14.7. The Balaban J connectivity index is 1.54. The predicted octanol–water partition coefficient (Wildman–Crippen LogP) is 5.16. The molecule has 0 spiro atoms. The van der Waals surface area contributed by atoms with Crippen LogP contribution in [0, 0.1) is 19.7 Å². The lowest BCUT2D eigenvalue weighted by molar-refractivity contribution is -0.137. The summed E-state index contributed by atoms with van der Waals surface area (Å²) in [6.07, 6.45) is 0. The SMILES string of the molecule is CC(=O)N1CCN(C(=O)CN2C(=O)CS[C@@H](c3cccc(F)c3)c3c(-c4ccccc4)nn(-c4cccc(C)c4C)c32)CC1. The van der Waals surface area contributed by atoms with Crippen LogP contribution in [-0.4, -0.2) is 75.8 Å². The van der Waals surface area contributed by atoms with E-state index < -0.39 is 5.25 Å². The summed E-state index contributed by atoms with van der Waals surface area (Å²) in [7, 11) is 0. The second-order valence-corrected chi connectivity index (χ2v) is 12.3. The van der Waals surface area contributed by atoms with Gasteiger partial charge in [-0.15, -0.1) is 11.8 Å². The number of benzene rings is 3. The first-order chi connectivity index (χ1) is 21.2. The van der Waals surface area contributed by atoms with Gasteiger partial charge in [-0.3, -0.25) is 19.3 Å². The van der Waals surface area contributed by atoms with E-state index in [-0.39, 0.29) is 35.8 Å². The van der Waals surface area contributed by atoms with Crippen LogP contribution in [0.3, 0.4) is 0 Å². The molecule has 0 saturated carbocycles. The first kappa shape index (κ1) is 29.6. The monoisotopic (exact) mass is 611 g/mol. The number of anilines is 1. The number of thioether (sulfide) groups is 1. The van der Waals surface area contributed by atoms with E-state index >= 15 is 0 Å². The molecule has 0 radical (unpaired) electrons. The van der Waals surface area contributed by atoms with E-state index in [1.165, 1.54) is 30.8 Å². The van der Waals surface area contributed by atoms with E-state index in [2.05, 4.69) is 0 Å². The highest BCUT2D eigenvalue weighted by molar-refractivity contribution is 8.00. The van der Waals surface area contributed by atoms with Crippen LogP contribution in [0.2, 0.25) is 0 Å². The van der Waals surface area contributed by atoms with Crippen molar-refractivity contribution in [1.29, 1.82) is 0 Å². The summed E-state index contributed by atoms with van der Waals surface area (Å²) in [6, 6.07) is 22.2. The molecular formula is C34H34FN5O3S. The number of nitrogens with zero attached hydrogens (tertiary/aromatic N) is 5. The third-order valence-corrected chi connectivity index (χ3v) is 9.72. The average molecular weight is 612 g/mol. The Morgan fingerprint density at radius 1 is 0.932 bits per heavy atom. The number of carbonyl (C=O) groups excluding carboxylic acids is 3. The lowest BCUT2D eigenvalue weighted by Crippen LogP contribution is -2.53. The van der Waals surface area contributed by atoms with Crippen molar-refractivity contribution in [3.8, 4) is 16.9 Å². The molecule has 10 heteroatoms. The molecule has 44 heavy (non-hydrogen) atoms. The van der Waals surface area contributed by atoms with Crippen molar-refractivity contribution in [3.63, 3.8) is 0 Å². The molecule has 1 fully saturated rings. The number of halogens is 1. The van der Waals surface area contributed by atoms with Crippen molar-refractivity contribution in [2.75, 3.05) is 43.4 Å². The molecule has 0 N–H and O–H groups in total. The van der Waals surface area contributed by atoms with Gasteiger partial charge in [0.15, 0.2) is 0 Å². The van der Waals surface area contributed by atoms with Gasteiger partial charge in [-0.2, -0.15) is 5.10 Å². The Bertz CT molecular complexity index is 1730. The van der Waals surface area contributed by atoms with Crippen LogP contribution < -0.4 is 4.90 Å². The van der Waals surface area contributed by atoms with Gasteiger partial charge in [0.25, 0.3) is 0 Å². The number of rotatable bonds is 5. The molecule has 3 amide bonds. The van der Waals surface area contributed by atoms with Crippen molar-refractivity contribution in [3.05, 3.63) is 101 Å². The van der Waals surface area contributed by atoms with Crippen molar-refractivity contribution in [2.45, 2.75) is 26.0 Å². The highest BCUT2D eigenvalue weighted by atomic mass is 32.2. The zero-order valence-electron chi connectivity index (χ0n) is 25.0. The van der Waals surface area contributed by atoms with Crippen molar-refractivity contribution in [2.24, 2.45) is 0 Å². The fourth-order valence-corrected chi connectivity index (χ4v) is 7.09. The van der Waals surface area contributed by atoms with Crippen LogP contribution in [-0.2, 0) is 14.4 Å². The molecule has 1 aromatic heterocycles. The smallest absolute Gasteiger partial charge is 0.242 e. The lowest BCUT2D eigenvalue weighted by Gasteiger charge is -2.35. The van der Waals surface area contributed by atoms with Gasteiger partial charge < -0.3 is 9.80 Å². The maximum atomic E-state index is 14.6. The third kappa shape index (κ3) is 5.61. The number of aromatic nitrogens is 2. The molecule has 3 heterocycles. The highest BCUT2D eigenvalue weighted by Gasteiger charge is 2.39. The second kappa shape index (κ2) is 12.3. The van der Waals surface area contributed by atoms with E-state index in [0.717, 1.165) is 33.5 Å². The molecule has 0 bridgehead atoms. The number of piperazine rings is 1. The Hall–Kier alpha value is -4.44. The number of fused-ring (bicyclic) bond motifs is 1. The van der Waals surface area contributed by atoms with E-state index in [0.29, 0.717) is 37.7 Å². The molecular weight excluding hydrogens is 577 g/mol.